The molecule has 0 saturated carbocycles. The zero-order chi connectivity index (χ0) is 13.7. The average molecular weight is 258 g/mol. The van der Waals surface area contributed by atoms with Gasteiger partial charge in [-0.3, -0.25) is 4.79 Å². The molecule has 5 nitrogen and oxygen atoms in total. The van der Waals surface area contributed by atoms with Crippen molar-refractivity contribution in [3.8, 4) is 11.5 Å². The van der Waals surface area contributed by atoms with Gasteiger partial charge in [0.1, 0.15) is 17.3 Å². The smallest absolute Gasteiger partial charge is 0.186 e. The largest absolute Gasteiger partial charge is 0.497 e. The third kappa shape index (κ3) is 3.22. The van der Waals surface area contributed by atoms with Crippen LogP contribution in [0.15, 0.2) is 36.7 Å². The van der Waals surface area contributed by atoms with E-state index in [2.05, 4.69) is 9.97 Å². The molecule has 1 aromatic heterocycles. The van der Waals surface area contributed by atoms with Crippen molar-refractivity contribution in [3.63, 3.8) is 0 Å². The molecular formula is C14H14N2O3. The number of benzene rings is 1. The molecule has 0 spiro atoms. The van der Waals surface area contributed by atoms with Gasteiger partial charge in [-0.15, -0.1) is 0 Å². The number of imidazole rings is 1. The molecule has 0 saturated heterocycles. The summed E-state index contributed by atoms with van der Waals surface area (Å²) >= 11 is 0. The van der Waals surface area contributed by atoms with Crippen LogP contribution in [0.4, 0.5) is 0 Å². The van der Waals surface area contributed by atoms with E-state index in [9.17, 15) is 4.79 Å². The third-order valence-corrected chi connectivity index (χ3v) is 2.55. The van der Waals surface area contributed by atoms with E-state index in [1.54, 1.807) is 50.9 Å². The Morgan fingerprint density at radius 3 is 2.42 bits per heavy atom. The van der Waals surface area contributed by atoms with Crippen LogP contribution in [0.2, 0.25) is 0 Å². The number of ether oxygens (including phenoxy) is 2. The van der Waals surface area contributed by atoms with Crippen molar-refractivity contribution in [2.45, 2.75) is 0 Å². The lowest BCUT2D eigenvalue weighted by Crippen LogP contribution is -1.97. The number of hydrogen-bond acceptors (Lipinski definition) is 4. The first-order valence-corrected chi connectivity index (χ1v) is 5.68. The minimum atomic E-state index is -0.145. The predicted molar refractivity (Wildman–Crippen MR) is 71.5 cm³/mol. The molecule has 0 atom stereocenters. The molecule has 1 aromatic carbocycles. The molecule has 19 heavy (non-hydrogen) atoms. The van der Waals surface area contributed by atoms with Crippen LogP contribution in [-0.4, -0.2) is 30.0 Å². The topological polar surface area (TPSA) is 64.2 Å². The second kappa shape index (κ2) is 5.86. The van der Waals surface area contributed by atoms with Gasteiger partial charge in [-0.2, -0.15) is 0 Å². The molecule has 98 valence electrons. The van der Waals surface area contributed by atoms with Crippen LogP contribution in [0.5, 0.6) is 11.5 Å². The zero-order valence-electron chi connectivity index (χ0n) is 10.7. The number of methoxy groups -OCH3 is 2. The Kier molecular flexibility index (Phi) is 3.97. The molecule has 1 N–H and O–H groups in total. The van der Waals surface area contributed by atoms with Crippen LogP contribution in [0.1, 0.15) is 16.2 Å². The van der Waals surface area contributed by atoms with Gasteiger partial charge in [0.15, 0.2) is 5.78 Å². The summed E-state index contributed by atoms with van der Waals surface area (Å²) in [6.45, 7) is 0. The van der Waals surface area contributed by atoms with Gasteiger partial charge in [-0.25, -0.2) is 4.98 Å². The van der Waals surface area contributed by atoms with Gasteiger partial charge in [0.05, 0.1) is 14.2 Å². The van der Waals surface area contributed by atoms with E-state index >= 15 is 0 Å². The Morgan fingerprint density at radius 1 is 1.21 bits per heavy atom. The summed E-state index contributed by atoms with van der Waals surface area (Å²) in [5.74, 6) is 1.64. The first kappa shape index (κ1) is 12.9. The number of H-pyrrole nitrogens is 1. The van der Waals surface area contributed by atoms with E-state index in [1.807, 2.05) is 0 Å². The molecular weight excluding hydrogens is 244 g/mol. The Balaban J connectivity index is 2.23. The molecule has 0 unspecified atom stereocenters. The first-order valence-electron chi connectivity index (χ1n) is 5.68. The fraction of sp³-hybridized carbons (Fsp3) is 0.143. The van der Waals surface area contributed by atoms with E-state index < -0.39 is 0 Å². The van der Waals surface area contributed by atoms with Crippen LogP contribution >= 0.6 is 0 Å². The lowest BCUT2D eigenvalue weighted by Gasteiger charge is -2.06. The van der Waals surface area contributed by atoms with Crippen molar-refractivity contribution < 1.29 is 14.3 Å². The lowest BCUT2D eigenvalue weighted by molar-refractivity contribution is 0.104. The van der Waals surface area contributed by atoms with Crippen molar-refractivity contribution in [1.82, 2.24) is 9.97 Å². The molecule has 0 radical (unpaired) electrons. The van der Waals surface area contributed by atoms with E-state index in [1.165, 1.54) is 6.08 Å². The number of nitrogens with one attached hydrogen (secondary N) is 1. The van der Waals surface area contributed by atoms with Crippen molar-refractivity contribution in [2.75, 3.05) is 14.2 Å². The summed E-state index contributed by atoms with van der Waals surface area (Å²) in [6, 6.07) is 5.04. The maximum Gasteiger partial charge on any atom is 0.186 e. The SMILES string of the molecule is COc1cc(OC)cc(C(=O)/C=C/c2ncc[nH]2)c1. The first-order chi connectivity index (χ1) is 9.22. The highest BCUT2D eigenvalue weighted by Crippen LogP contribution is 2.23. The van der Waals surface area contributed by atoms with Gasteiger partial charge in [-0.05, 0) is 24.3 Å². The number of nitrogens with zero attached hydrogens (tertiary/aromatic N) is 1. The predicted octanol–water partition coefficient (Wildman–Crippen LogP) is 2.32. The van der Waals surface area contributed by atoms with Crippen LogP contribution in [0.3, 0.4) is 0 Å². The second-order valence-corrected chi connectivity index (χ2v) is 3.77. The van der Waals surface area contributed by atoms with Crippen molar-refractivity contribution in [2.24, 2.45) is 0 Å². The molecule has 1 heterocycles. The van der Waals surface area contributed by atoms with E-state index in [-0.39, 0.29) is 5.78 Å². The monoisotopic (exact) mass is 258 g/mol. The van der Waals surface area contributed by atoms with Crippen LogP contribution in [0.25, 0.3) is 6.08 Å². The number of aromatic amines is 1. The highest BCUT2D eigenvalue weighted by Gasteiger charge is 2.07. The highest BCUT2D eigenvalue weighted by molar-refractivity contribution is 6.07. The fourth-order valence-corrected chi connectivity index (χ4v) is 1.57. The van der Waals surface area contributed by atoms with Crippen LogP contribution < -0.4 is 9.47 Å². The maximum atomic E-state index is 12.0. The molecule has 2 aromatic rings. The standard InChI is InChI=1S/C14H14N2O3/c1-18-11-7-10(8-12(9-11)19-2)13(17)3-4-14-15-5-6-16-14/h3-9H,1-2H3,(H,15,16)/b4-3+. The quantitative estimate of drug-likeness (QED) is 0.660. The average Bonchev–Trinajstić information content (AvgIpc) is 2.97. The lowest BCUT2D eigenvalue weighted by atomic mass is 10.1. The summed E-state index contributed by atoms with van der Waals surface area (Å²) in [5, 5.41) is 0. The van der Waals surface area contributed by atoms with Gasteiger partial charge in [-0.1, -0.05) is 0 Å². The highest BCUT2D eigenvalue weighted by atomic mass is 16.5. The van der Waals surface area contributed by atoms with Gasteiger partial charge in [0, 0.05) is 24.0 Å². The number of aromatic nitrogens is 2. The Bertz CT molecular complexity index is 566. The van der Waals surface area contributed by atoms with Crippen LogP contribution in [-0.2, 0) is 0 Å². The molecule has 5 heteroatoms. The number of ketones is 1. The number of carbonyl (C=O) groups is 1. The summed E-state index contributed by atoms with van der Waals surface area (Å²) in [4.78, 5) is 18.9. The molecule has 2 rings (SSSR count). The molecule has 0 fully saturated rings. The number of rotatable bonds is 5. The Labute approximate surface area is 110 Å². The summed E-state index contributed by atoms with van der Waals surface area (Å²) in [6.07, 6.45) is 6.39. The van der Waals surface area contributed by atoms with Crippen molar-refractivity contribution in [1.29, 1.82) is 0 Å². The van der Waals surface area contributed by atoms with Crippen molar-refractivity contribution in [3.05, 3.63) is 48.1 Å². The molecule has 0 aliphatic carbocycles. The normalized spacial score (nSPS) is 10.6. The third-order valence-electron chi connectivity index (χ3n) is 2.55. The zero-order valence-corrected chi connectivity index (χ0v) is 10.7. The summed E-state index contributed by atoms with van der Waals surface area (Å²) in [5.41, 5.74) is 0.499. The van der Waals surface area contributed by atoms with Crippen LogP contribution in [0, 0.1) is 0 Å². The maximum absolute atomic E-state index is 12.0. The van der Waals surface area contributed by atoms with Gasteiger partial charge in [0.25, 0.3) is 0 Å². The molecule has 0 aliphatic heterocycles. The molecule has 0 aliphatic rings. The van der Waals surface area contributed by atoms with Crippen molar-refractivity contribution >= 4 is 11.9 Å². The van der Waals surface area contributed by atoms with Gasteiger partial charge < -0.3 is 14.5 Å². The Morgan fingerprint density at radius 2 is 1.89 bits per heavy atom. The number of allylic oxidation sites excluding steroid dienone is 1. The van der Waals surface area contributed by atoms with Gasteiger partial charge >= 0.3 is 0 Å². The van der Waals surface area contributed by atoms with Gasteiger partial charge in [0.2, 0.25) is 0 Å². The number of hydrogen-bond donors (Lipinski definition) is 1. The van der Waals surface area contributed by atoms with E-state index in [0.717, 1.165) is 0 Å². The summed E-state index contributed by atoms with van der Waals surface area (Å²) in [7, 11) is 3.09. The fourth-order valence-electron chi connectivity index (χ4n) is 1.57. The minimum Gasteiger partial charge on any atom is -0.497 e. The Hall–Kier alpha value is -2.56. The van der Waals surface area contributed by atoms with E-state index in [4.69, 9.17) is 9.47 Å². The molecule has 0 amide bonds. The molecule has 0 bridgehead atoms. The number of carbonyl (C=O) groups excluding carboxylic acids is 1. The second-order valence-electron chi connectivity index (χ2n) is 3.77. The van der Waals surface area contributed by atoms with E-state index in [0.29, 0.717) is 22.9 Å². The summed E-state index contributed by atoms with van der Waals surface area (Å²) < 4.78 is 10.2. The minimum absolute atomic E-state index is 0.145.